The highest BCUT2D eigenvalue weighted by atomic mass is 32.2. The predicted octanol–water partition coefficient (Wildman–Crippen LogP) is 2.33. The van der Waals surface area contributed by atoms with Gasteiger partial charge in [0.25, 0.3) is 0 Å². The molecule has 1 aromatic rings. The predicted molar refractivity (Wildman–Crippen MR) is 99.3 cm³/mol. The topological polar surface area (TPSA) is 70.6 Å². The molecule has 24 heavy (non-hydrogen) atoms. The van der Waals surface area contributed by atoms with Crippen molar-refractivity contribution in [3.05, 3.63) is 29.8 Å². The zero-order valence-corrected chi connectivity index (χ0v) is 15.9. The van der Waals surface area contributed by atoms with Crippen molar-refractivity contribution < 1.29 is 8.42 Å². The summed E-state index contributed by atoms with van der Waals surface area (Å²) in [6.07, 6.45) is 2.53. The van der Waals surface area contributed by atoms with Crippen LogP contribution in [0.3, 0.4) is 0 Å². The van der Waals surface area contributed by atoms with Crippen LogP contribution in [0.15, 0.2) is 34.2 Å². The Morgan fingerprint density at radius 2 is 1.79 bits per heavy atom. The van der Waals surface area contributed by atoms with Crippen molar-refractivity contribution in [3.8, 4) is 0 Å². The standard InChI is InChI=1S/C18H29N3O2S/c1-18(2,3)15-7-9-16(10-8-15)24(22,23)12-11-20-17(19-4)21-13-14-5-6-14/h7-10,14H,5-6,11-13H2,1-4H3,(H2,19,20,21). The first-order valence-electron chi connectivity index (χ1n) is 8.50. The van der Waals surface area contributed by atoms with Crippen LogP contribution in [0.25, 0.3) is 0 Å². The number of benzene rings is 1. The Hall–Kier alpha value is -1.56. The summed E-state index contributed by atoms with van der Waals surface area (Å²) in [7, 11) is -1.59. The lowest BCUT2D eigenvalue weighted by molar-refractivity contribution is 0.586. The molecule has 0 saturated heterocycles. The Kier molecular flexibility index (Phi) is 5.91. The van der Waals surface area contributed by atoms with Crippen LogP contribution >= 0.6 is 0 Å². The Balaban J connectivity index is 1.88. The van der Waals surface area contributed by atoms with Crippen LogP contribution in [0, 0.1) is 5.92 Å². The second-order valence-corrected chi connectivity index (χ2v) is 9.53. The lowest BCUT2D eigenvalue weighted by Gasteiger charge is -2.19. The minimum Gasteiger partial charge on any atom is -0.356 e. The summed E-state index contributed by atoms with van der Waals surface area (Å²) in [6, 6.07) is 7.21. The minimum atomic E-state index is -3.29. The highest BCUT2D eigenvalue weighted by Crippen LogP contribution is 2.27. The average Bonchev–Trinajstić information content (AvgIpc) is 3.34. The first kappa shape index (κ1) is 18.8. The molecule has 0 heterocycles. The average molecular weight is 352 g/mol. The molecule has 6 heteroatoms. The molecule has 0 bridgehead atoms. The largest absolute Gasteiger partial charge is 0.356 e. The molecular formula is C18H29N3O2S. The Labute approximate surface area is 145 Å². The maximum absolute atomic E-state index is 12.4. The van der Waals surface area contributed by atoms with Crippen molar-refractivity contribution in [2.75, 3.05) is 25.9 Å². The van der Waals surface area contributed by atoms with Crippen LogP contribution in [0.1, 0.15) is 39.2 Å². The quantitative estimate of drug-likeness (QED) is 0.610. The minimum absolute atomic E-state index is 0.0174. The molecule has 1 fully saturated rings. The number of hydrogen-bond acceptors (Lipinski definition) is 3. The molecule has 0 spiro atoms. The van der Waals surface area contributed by atoms with E-state index in [4.69, 9.17) is 0 Å². The number of hydrogen-bond donors (Lipinski definition) is 2. The summed E-state index contributed by atoms with van der Waals surface area (Å²) in [5.74, 6) is 1.46. The Morgan fingerprint density at radius 1 is 1.17 bits per heavy atom. The van der Waals surface area contributed by atoms with Gasteiger partial charge in [0.2, 0.25) is 0 Å². The van der Waals surface area contributed by atoms with E-state index in [1.165, 1.54) is 12.8 Å². The van der Waals surface area contributed by atoms with Gasteiger partial charge in [-0.3, -0.25) is 4.99 Å². The fourth-order valence-electron chi connectivity index (χ4n) is 2.37. The first-order valence-corrected chi connectivity index (χ1v) is 10.2. The Morgan fingerprint density at radius 3 is 2.29 bits per heavy atom. The van der Waals surface area contributed by atoms with E-state index in [0.29, 0.717) is 17.4 Å². The molecule has 1 aliphatic carbocycles. The van der Waals surface area contributed by atoms with E-state index in [0.717, 1.165) is 18.0 Å². The van der Waals surface area contributed by atoms with E-state index in [-0.39, 0.29) is 11.2 Å². The summed E-state index contributed by atoms with van der Waals surface area (Å²) in [4.78, 5) is 4.49. The van der Waals surface area contributed by atoms with Gasteiger partial charge in [0.05, 0.1) is 10.6 Å². The summed E-state index contributed by atoms with van der Waals surface area (Å²) in [6.45, 7) is 7.58. The third-order valence-electron chi connectivity index (χ3n) is 4.22. The molecule has 2 N–H and O–H groups in total. The fraction of sp³-hybridized carbons (Fsp3) is 0.611. The molecule has 5 nitrogen and oxygen atoms in total. The van der Waals surface area contributed by atoms with E-state index < -0.39 is 9.84 Å². The van der Waals surface area contributed by atoms with Crippen molar-refractivity contribution in [3.63, 3.8) is 0 Å². The van der Waals surface area contributed by atoms with Gasteiger partial charge in [-0.25, -0.2) is 8.42 Å². The van der Waals surface area contributed by atoms with Gasteiger partial charge >= 0.3 is 0 Å². The summed E-state index contributed by atoms with van der Waals surface area (Å²) < 4.78 is 24.9. The van der Waals surface area contributed by atoms with Gasteiger partial charge in [0.15, 0.2) is 15.8 Å². The molecule has 1 saturated carbocycles. The fourth-order valence-corrected chi connectivity index (χ4v) is 3.52. The summed E-state index contributed by atoms with van der Waals surface area (Å²) in [5.41, 5.74) is 1.15. The van der Waals surface area contributed by atoms with Crippen molar-refractivity contribution in [1.29, 1.82) is 0 Å². The number of aliphatic imine (C=N–C) groups is 1. The van der Waals surface area contributed by atoms with Crippen LogP contribution in [0.2, 0.25) is 0 Å². The zero-order valence-electron chi connectivity index (χ0n) is 15.1. The van der Waals surface area contributed by atoms with Gasteiger partial charge < -0.3 is 10.6 Å². The van der Waals surface area contributed by atoms with Gasteiger partial charge in [-0.05, 0) is 41.9 Å². The normalized spacial score (nSPS) is 16.1. The SMILES string of the molecule is CN=C(NCCS(=O)(=O)c1ccc(C(C)(C)C)cc1)NCC1CC1. The molecule has 0 aliphatic heterocycles. The highest BCUT2D eigenvalue weighted by Gasteiger charge is 2.21. The molecule has 134 valence electrons. The van der Waals surface area contributed by atoms with Crippen molar-refractivity contribution >= 4 is 15.8 Å². The molecule has 2 rings (SSSR count). The van der Waals surface area contributed by atoms with Crippen LogP contribution < -0.4 is 10.6 Å². The lowest BCUT2D eigenvalue weighted by atomic mass is 9.87. The number of rotatable bonds is 6. The lowest BCUT2D eigenvalue weighted by Crippen LogP contribution is -2.40. The molecule has 0 unspecified atom stereocenters. The van der Waals surface area contributed by atoms with Gasteiger partial charge in [-0.2, -0.15) is 0 Å². The summed E-state index contributed by atoms with van der Waals surface area (Å²) in [5, 5.41) is 6.30. The van der Waals surface area contributed by atoms with Gasteiger partial charge in [0.1, 0.15) is 0 Å². The van der Waals surface area contributed by atoms with Crippen LogP contribution in [-0.4, -0.2) is 40.3 Å². The van der Waals surface area contributed by atoms with Gasteiger partial charge in [-0.15, -0.1) is 0 Å². The number of nitrogens with one attached hydrogen (secondary N) is 2. The van der Waals surface area contributed by atoms with E-state index in [1.807, 2.05) is 12.1 Å². The van der Waals surface area contributed by atoms with E-state index in [2.05, 4.69) is 36.4 Å². The molecule has 1 aromatic carbocycles. The van der Waals surface area contributed by atoms with Gasteiger partial charge in [0, 0.05) is 20.1 Å². The summed E-state index contributed by atoms with van der Waals surface area (Å²) >= 11 is 0. The third kappa shape index (κ3) is 5.51. The number of sulfone groups is 1. The van der Waals surface area contributed by atoms with E-state index >= 15 is 0 Å². The van der Waals surface area contributed by atoms with Crippen molar-refractivity contribution in [1.82, 2.24) is 10.6 Å². The van der Waals surface area contributed by atoms with Crippen LogP contribution in [-0.2, 0) is 15.3 Å². The smallest absolute Gasteiger partial charge is 0.191 e. The van der Waals surface area contributed by atoms with Crippen molar-refractivity contribution in [2.24, 2.45) is 10.9 Å². The maximum atomic E-state index is 12.4. The number of guanidine groups is 1. The molecule has 0 radical (unpaired) electrons. The first-order chi connectivity index (χ1) is 11.2. The van der Waals surface area contributed by atoms with Crippen LogP contribution in [0.5, 0.6) is 0 Å². The zero-order chi connectivity index (χ0) is 17.8. The molecule has 0 amide bonds. The second kappa shape index (κ2) is 7.55. The van der Waals surface area contributed by atoms with Gasteiger partial charge in [-0.1, -0.05) is 32.9 Å². The molecule has 1 aliphatic rings. The second-order valence-electron chi connectivity index (χ2n) is 7.42. The number of nitrogens with zero attached hydrogens (tertiary/aromatic N) is 1. The monoisotopic (exact) mass is 351 g/mol. The Bertz CT molecular complexity index is 669. The third-order valence-corrected chi connectivity index (χ3v) is 5.95. The molecular weight excluding hydrogens is 322 g/mol. The maximum Gasteiger partial charge on any atom is 0.191 e. The molecule has 0 atom stereocenters. The highest BCUT2D eigenvalue weighted by molar-refractivity contribution is 7.91. The van der Waals surface area contributed by atoms with Crippen molar-refractivity contribution in [2.45, 2.75) is 43.9 Å². The van der Waals surface area contributed by atoms with Crippen LogP contribution in [0.4, 0.5) is 0 Å². The molecule has 0 aromatic heterocycles. The van der Waals surface area contributed by atoms with E-state index in [9.17, 15) is 8.42 Å². The van der Waals surface area contributed by atoms with E-state index in [1.54, 1.807) is 19.2 Å².